The molecule has 9 heteroatoms. The lowest BCUT2D eigenvalue weighted by atomic mass is 9.78. The Hall–Kier alpha value is -1.16. The molecular weight excluding hydrogens is 265 g/mol. The summed E-state index contributed by atoms with van der Waals surface area (Å²) in [6.07, 6.45) is 0.978. The van der Waals surface area contributed by atoms with E-state index in [1.165, 1.54) is 11.8 Å². The van der Waals surface area contributed by atoms with Gasteiger partial charge >= 0.3 is 13.1 Å². The van der Waals surface area contributed by atoms with Gasteiger partial charge in [-0.15, -0.1) is 0 Å². The third-order valence-electron chi connectivity index (χ3n) is 3.74. The van der Waals surface area contributed by atoms with Gasteiger partial charge in [0.15, 0.2) is 0 Å². The number of carboxylic acids is 1. The molecule has 0 aliphatic carbocycles. The third kappa shape index (κ3) is 3.69. The van der Waals surface area contributed by atoms with E-state index in [4.69, 9.17) is 21.5 Å². The molecule has 0 aromatic carbocycles. The smallest absolute Gasteiger partial charge is 0.451 e. The van der Waals surface area contributed by atoms with Crippen LogP contribution in [0.2, 0.25) is 6.32 Å². The average molecular weight is 287 g/mol. The van der Waals surface area contributed by atoms with Crippen molar-refractivity contribution in [2.45, 2.75) is 37.7 Å². The molecule has 114 valence electrons. The molecule has 1 aliphatic rings. The van der Waals surface area contributed by atoms with Gasteiger partial charge in [-0.05, 0) is 19.7 Å². The zero-order valence-corrected chi connectivity index (χ0v) is 11.5. The van der Waals surface area contributed by atoms with Gasteiger partial charge in [-0.25, -0.2) is 0 Å². The number of amides is 1. The summed E-state index contributed by atoms with van der Waals surface area (Å²) >= 11 is 0. The minimum absolute atomic E-state index is 0.0744. The summed E-state index contributed by atoms with van der Waals surface area (Å²) in [7, 11) is -1.42. The molecule has 8 nitrogen and oxygen atoms in total. The summed E-state index contributed by atoms with van der Waals surface area (Å²) in [5.41, 5.74) is 9.94. The van der Waals surface area contributed by atoms with Crippen LogP contribution in [-0.4, -0.2) is 63.7 Å². The van der Waals surface area contributed by atoms with Crippen molar-refractivity contribution in [3.05, 3.63) is 0 Å². The van der Waals surface area contributed by atoms with Crippen LogP contribution in [0.3, 0.4) is 0 Å². The van der Waals surface area contributed by atoms with E-state index in [1.807, 2.05) is 0 Å². The van der Waals surface area contributed by atoms with Crippen molar-refractivity contribution in [3.8, 4) is 0 Å². The van der Waals surface area contributed by atoms with Gasteiger partial charge in [-0.1, -0.05) is 6.42 Å². The number of carboxylic acid groups (broad SMARTS) is 1. The number of hydrogen-bond donors (Lipinski definition) is 5. The summed E-state index contributed by atoms with van der Waals surface area (Å²) in [6.45, 7) is 1.69. The SMILES string of the molecule is C[C@H](N)C(=O)N1C[C@H](CCCB(O)O)[C@@](N)(C(=O)O)C1. The van der Waals surface area contributed by atoms with Crippen LogP contribution in [0.15, 0.2) is 0 Å². The van der Waals surface area contributed by atoms with Gasteiger partial charge in [0.1, 0.15) is 5.54 Å². The second kappa shape index (κ2) is 6.53. The number of carbonyl (C=O) groups excluding carboxylic acids is 1. The van der Waals surface area contributed by atoms with E-state index in [9.17, 15) is 14.7 Å². The quantitative estimate of drug-likeness (QED) is 0.349. The third-order valence-corrected chi connectivity index (χ3v) is 3.74. The van der Waals surface area contributed by atoms with E-state index in [2.05, 4.69) is 0 Å². The Bertz CT molecular complexity index is 379. The molecule has 1 saturated heterocycles. The first kappa shape index (κ1) is 16.9. The van der Waals surface area contributed by atoms with E-state index >= 15 is 0 Å². The Morgan fingerprint density at radius 1 is 1.50 bits per heavy atom. The van der Waals surface area contributed by atoms with Gasteiger partial charge in [0.2, 0.25) is 5.91 Å². The Balaban J connectivity index is 2.74. The van der Waals surface area contributed by atoms with Crippen LogP contribution < -0.4 is 11.5 Å². The highest BCUT2D eigenvalue weighted by Gasteiger charge is 2.50. The number of aliphatic carboxylic acids is 1. The van der Waals surface area contributed by atoms with Crippen molar-refractivity contribution in [1.82, 2.24) is 4.90 Å². The number of rotatable bonds is 6. The number of nitrogens with two attached hydrogens (primary N) is 2. The number of likely N-dealkylation sites (tertiary alicyclic amines) is 1. The molecule has 0 spiro atoms. The molecule has 1 fully saturated rings. The Morgan fingerprint density at radius 2 is 2.10 bits per heavy atom. The highest BCUT2D eigenvalue weighted by atomic mass is 16.4. The summed E-state index contributed by atoms with van der Waals surface area (Å²) in [4.78, 5) is 24.6. The van der Waals surface area contributed by atoms with Crippen LogP contribution in [0, 0.1) is 5.92 Å². The summed E-state index contributed by atoms with van der Waals surface area (Å²) in [5.74, 6) is -1.92. The lowest BCUT2D eigenvalue weighted by molar-refractivity contribution is -0.144. The van der Waals surface area contributed by atoms with Gasteiger partial charge in [-0.2, -0.15) is 0 Å². The normalized spacial score (nSPS) is 27.4. The molecule has 0 aromatic rings. The Kier molecular flexibility index (Phi) is 5.52. The molecule has 20 heavy (non-hydrogen) atoms. The maximum Gasteiger partial charge on any atom is 0.451 e. The Labute approximate surface area is 117 Å². The second-order valence-corrected chi connectivity index (χ2v) is 5.46. The number of carbonyl (C=O) groups is 2. The number of hydrogen-bond acceptors (Lipinski definition) is 6. The minimum Gasteiger partial charge on any atom is -0.480 e. The van der Waals surface area contributed by atoms with Gasteiger partial charge in [0, 0.05) is 19.0 Å². The van der Waals surface area contributed by atoms with E-state index in [1.54, 1.807) is 0 Å². The van der Waals surface area contributed by atoms with Crippen molar-refractivity contribution in [1.29, 1.82) is 0 Å². The maximum atomic E-state index is 11.9. The van der Waals surface area contributed by atoms with Crippen LogP contribution in [-0.2, 0) is 9.59 Å². The number of nitrogens with zero attached hydrogens (tertiary/aromatic N) is 1. The first-order valence-electron chi connectivity index (χ1n) is 6.61. The van der Waals surface area contributed by atoms with E-state index in [0.717, 1.165) is 0 Å². The molecule has 1 rings (SSSR count). The summed E-state index contributed by atoms with van der Waals surface area (Å²) < 4.78 is 0. The fourth-order valence-corrected chi connectivity index (χ4v) is 2.53. The predicted octanol–water partition coefficient (Wildman–Crippen LogP) is -2.17. The first-order chi connectivity index (χ1) is 9.18. The first-order valence-corrected chi connectivity index (χ1v) is 6.61. The van der Waals surface area contributed by atoms with Crippen molar-refractivity contribution in [2.75, 3.05) is 13.1 Å². The van der Waals surface area contributed by atoms with Crippen molar-refractivity contribution < 1.29 is 24.7 Å². The molecule has 0 saturated carbocycles. The van der Waals surface area contributed by atoms with Gasteiger partial charge < -0.3 is 31.5 Å². The standard InChI is InChI=1S/C11H22BN3O5/c1-7(13)9(16)15-5-8(3-2-4-12(19)20)11(14,6-15)10(17)18/h7-8,19-20H,2-6,13-14H2,1H3,(H,17,18)/t7-,8-,11+/m0/s1. The molecule has 7 N–H and O–H groups in total. The Morgan fingerprint density at radius 3 is 2.55 bits per heavy atom. The molecule has 3 atom stereocenters. The zero-order chi connectivity index (χ0) is 15.5. The monoisotopic (exact) mass is 287 g/mol. The van der Waals surface area contributed by atoms with E-state index in [-0.39, 0.29) is 25.3 Å². The predicted molar refractivity (Wildman–Crippen MR) is 72.5 cm³/mol. The highest BCUT2D eigenvalue weighted by molar-refractivity contribution is 6.40. The topological polar surface area (TPSA) is 150 Å². The molecule has 1 aliphatic heterocycles. The molecule has 0 aromatic heterocycles. The highest BCUT2D eigenvalue weighted by Crippen LogP contribution is 2.30. The molecular formula is C11H22BN3O5. The summed E-state index contributed by atoms with van der Waals surface area (Å²) in [5, 5.41) is 26.9. The maximum absolute atomic E-state index is 11.9. The molecule has 0 radical (unpaired) electrons. The fourth-order valence-electron chi connectivity index (χ4n) is 2.53. The van der Waals surface area contributed by atoms with Crippen molar-refractivity contribution in [2.24, 2.45) is 17.4 Å². The van der Waals surface area contributed by atoms with Gasteiger partial charge in [0.05, 0.1) is 6.04 Å². The molecule has 0 bridgehead atoms. The van der Waals surface area contributed by atoms with Crippen LogP contribution in [0.25, 0.3) is 0 Å². The van der Waals surface area contributed by atoms with E-state index in [0.29, 0.717) is 12.8 Å². The van der Waals surface area contributed by atoms with Crippen LogP contribution in [0.4, 0.5) is 0 Å². The van der Waals surface area contributed by atoms with Crippen molar-refractivity contribution >= 4 is 19.0 Å². The van der Waals surface area contributed by atoms with Gasteiger partial charge in [-0.3, -0.25) is 9.59 Å². The van der Waals surface area contributed by atoms with Gasteiger partial charge in [0.25, 0.3) is 0 Å². The largest absolute Gasteiger partial charge is 0.480 e. The molecule has 1 heterocycles. The van der Waals surface area contributed by atoms with Crippen LogP contribution in [0.1, 0.15) is 19.8 Å². The second-order valence-electron chi connectivity index (χ2n) is 5.46. The van der Waals surface area contributed by atoms with Crippen LogP contribution in [0.5, 0.6) is 0 Å². The molecule has 0 unspecified atom stereocenters. The lowest BCUT2D eigenvalue weighted by Crippen LogP contribution is -2.55. The minimum atomic E-state index is -1.51. The van der Waals surface area contributed by atoms with E-state index < -0.39 is 30.6 Å². The summed E-state index contributed by atoms with van der Waals surface area (Å²) in [6, 6.07) is -0.703. The average Bonchev–Trinajstić information content (AvgIpc) is 2.67. The lowest BCUT2D eigenvalue weighted by Gasteiger charge is -2.25. The van der Waals surface area contributed by atoms with Crippen LogP contribution >= 0.6 is 0 Å². The van der Waals surface area contributed by atoms with Crippen molar-refractivity contribution in [3.63, 3.8) is 0 Å². The fraction of sp³-hybridized carbons (Fsp3) is 0.818. The zero-order valence-electron chi connectivity index (χ0n) is 11.5. The molecule has 1 amide bonds.